The summed E-state index contributed by atoms with van der Waals surface area (Å²) in [5.41, 5.74) is 3.63. The van der Waals surface area contributed by atoms with Crippen LogP contribution < -0.4 is 5.32 Å². The molecule has 0 unspecified atom stereocenters. The fourth-order valence-corrected chi connectivity index (χ4v) is 3.68. The number of aryl methyl sites for hydroxylation is 1. The van der Waals surface area contributed by atoms with E-state index in [1.54, 1.807) is 0 Å². The Labute approximate surface area is 121 Å². The molecule has 98 valence electrons. The van der Waals surface area contributed by atoms with Gasteiger partial charge in [0.2, 0.25) is 0 Å². The SMILES string of the molecule is Cc1csc(C(=O)NC2Cc3ccccc3C2)c1Cl. The fourth-order valence-electron chi connectivity index (χ4n) is 2.49. The number of fused-ring (bicyclic) bond motifs is 1. The maximum Gasteiger partial charge on any atom is 0.263 e. The lowest BCUT2D eigenvalue weighted by Crippen LogP contribution is -2.35. The number of rotatable bonds is 2. The number of halogens is 1. The summed E-state index contributed by atoms with van der Waals surface area (Å²) >= 11 is 7.54. The van der Waals surface area contributed by atoms with Crippen molar-refractivity contribution < 1.29 is 4.79 Å². The van der Waals surface area contributed by atoms with Crippen LogP contribution in [0.4, 0.5) is 0 Å². The van der Waals surface area contributed by atoms with Crippen molar-refractivity contribution in [2.45, 2.75) is 25.8 Å². The second kappa shape index (κ2) is 4.99. The van der Waals surface area contributed by atoms with E-state index >= 15 is 0 Å². The third kappa shape index (κ3) is 2.40. The summed E-state index contributed by atoms with van der Waals surface area (Å²) in [4.78, 5) is 12.8. The highest BCUT2D eigenvalue weighted by molar-refractivity contribution is 7.13. The van der Waals surface area contributed by atoms with Gasteiger partial charge in [-0.3, -0.25) is 4.79 Å². The molecule has 1 N–H and O–H groups in total. The van der Waals surface area contributed by atoms with Crippen LogP contribution in [0.1, 0.15) is 26.4 Å². The Hall–Kier alpha value is -1.32. The van der Waals surface area contributed by atoms with E-state index in [4.69, 9.17) is 11.6 Å². The van der Waals surface area contributed by atoms with Gasteiger partial charge in [0.15, 0.2) is 0 Å². The van der Waals surface area contributed by atoms with Gasteiger partial charge in [-0.15, -0.1) is 11.3 Å². The minimum atomic E-state index is -0.0547. The Balaban J connectivity index is 1.71. The summed E-state index contributed by atoms with van der Waals surface area (Å²) in [7, 11) is 0. The number of hydrogen-bond acceptors (Lipinski definition) is 2. The number of nitrogens with one attached hydrogen (secondary N) is 1. The summed E-state index contributed by atoms with van der Waals surface area (Å²) in [5, 5.41) is 5.58. The summed E-state index contributed by atoms with van der Waals surface area (Å²) < 4.78 is 0. The molecule has 1 aromatic heterocycles. The molecule has 1 amide bonds. The topological polar surface area (TPSA) is 29.1 Å². The van der Waals surface area contributed by atoms with Crippen molar-refractivity contribution in [2.75, 3.05) is 0 Å². The molecule has 1 aliphatic carbocycles. The largest absolute Gasteiger partial charge is 0.348 e. The maximum absolute atomic E-state index is 12.2. The number of carbonyl (C=O) groups is 1. The van der Waals surface area contributed by atoms with Crippen molar-refractivity contribution >= 4 is 28.8 Å². The van der Waals surface area contributed by atoms with Crippen LogP contribution in [0.3, 0.4) is 0 Å². The molecule has 0 fully saturated rings. The third-order valence-electron chi connectivity index (χ3n) is 3.49. The van der Waals surface area contributed by atoms with E-state index in [1.165, 1.54) is 22.5 Å². The Kier molecular flexibility index (Phi) is 3.33. The second-order valence-corrected chi connectivity index (χ2v) is 6.17. The molecular weight excluding hydrogens is 278 g/mol. The van der Waals surface area contributed by atoms with E-state index in [9.17, 15) is 4.79 Å². The molecular formula is C15H14ClNOS. The van der Waals surface area contributed by atoms with Gasteiger partial charge in [0, 0.05) is 6.04 Å². The van der Waals surface area contributed by atoms with Crippen LogP contribution in [-0.4, -0.2) is 11.9 Å². The van der Waals surface area contributed by atoms with Crippen LogP contribution in [0, 0.1) is 6.92 Å². The second-order valence-electron chi connectivity index (χ2n) is 4.91. The first-order chi connectivity index (χ1) is 9.15. The van der Waals surface area contributed by atoms with Gasteiger partial charge in [0.1, 0.15) is 4.88 Å². The quantitative estimate of drug-likeness (QED) is 0.900. The molecule has 0 aliphatic heterocycles. The minimum Gasteiger partial charge on any atom is -0.348 e. The van der Waals surface area contributed by atoms with Crippen molar-refractivity contribution in [3.8, 4) is 0 Å². The lowest BCUT2D eigenvalue weighted by Gasteiger charge is -2.11. The molecule has 1 heterocycles. The standard InChI is InChI=1S/C15H14ClNOS/c1-9-8-19-14(13(9)16)15(18)17-12-6-10-4-2-3-5-11(10)7-12/h2-5,8,12H,6-7H2,1H3,(H,17,18). The Morgan fingerprint density at radius 2 is 1.95 bits per heavy atom. The van der Waals surface area contributed by atoms with Gasteiger partial charge in [-0.2, -0.15) is 0 Å². The molecule has 19 heavy (non-hydrogen) atoms. The van der Waals surface area contributed by atoms with E-state index in [0.29, 0.717) is 9.90 Å². The summed E-state index contributed by atoms with van der Waals surface area (Å²) in [6.45, 7) is 1.92. The van der Waals surface area contributed by atoms with Crippen LogP contribution in [0.2, 0.25) is 5.02 Å². The van der Waals surface area contributed by atoms with Gasteiger partial charge < -0.3 is 5.32 Å². The lowest BCUT2D eigenvalue weighted by molar-refractivity contribution is 0.0943. The maximum atomic E-state index is 12.2. The van der Waals surface area contributed by atoms with Gasteiger partial charge in [-0.25, -0.2) is 0 Å². The van der Waals surface area contributed by atoms with Gasteiger partial charge in [0.25, 0.3) is 5.91 Å². The Bertz CT molecular complexity index is 610. The number of carbonyl (C=O) groups excluding carboxylic acids is 1. The average Bonchev–Trinajstić information content (AvgIpc) is 2.93. The molecule has 0 radical (unpaired) electrons. The highest BCUT2D eigenvalue weighted by Gasteiger charge is 2.24. The first kappa shape index (κ1) is 12.7. The summed E-state index contributed by atoms with van der Waals surface area (Å²) in [5.74, 6) is -0.0547. The van der Waals surface area contributed by atoms with Crippen molar-refractivity contribution in [1.82, 2.24) is 5.32 Å². The van der Waals surface area contributed by atoms with Gasteiger partial charge >= 0.3 is 0 Å². The van der Waals surface area contributed by atoms with E-state index in [0.717, 1.165) is 18.4 Å². The van der Waals surface area contributed by atoms with Crippen LogP contribution in [-0.2, 0) is 12.8 Å². The minimum absolute atomic E-state index is 0.0547. The van der Waals surface area contributed by atoms with Crippen molar-refractivity contribution in [2.24, 2.45) is 0 Å². The highest BCUT2D eigenvalue weighted by atomic mass is 35.5. The zero-order valence-electron chi connectivity index (χ0n) is 10.6. The van der Waals surface area contributed by atoms with Crippen molar-refractivity contribution in [3.63, 3.8) is 0 Å². The highest BCUT2D eigenvalue weighted by Crippen LogP contribution is 2.28. The average molecular weight is 292 g/mol. The first-order valence-corrected chi connectivity index (χ1v) is 7.52. The van der Waals surface area contributed by atoms with Crippen LogP contribution >= 0.6 is 22.9 Å². The lowest BCUT2D eigenvalue weighted by atomic mass is 10.1. The number of amides is 1. The Morgan fingerprint density at radius 3 is 2.47 bits per heavy atom. The monoisotopic (exact) mass is 291 g/mol. The molecule has 2 nitrogen and oxygen atoms in total. The Morgan fingerprint density at radius 1 is 1.32 bits per heavy atom. The zero-order chi connectivity index (χ0) is 13.4. The molecule has 2 aromatic rings. The predicted molar refractivity (Wildman–Crippen MR) is 79.2 cm³/mol. The molecule has 1 aliphatic rings. The van der Waals surface area contributed by atoms with Gasteiger partial charge in [-0.1, -0.05) is 35.9 Å². The van der Waals surface area contributed by atoms with Crippen molar-refractivity contribution in [1.29, 1.82) is 0 Å². The van der Waals surface area contributed by atoms with Crippen LogP contribution in [0.25, 0.3) is 0 Å². The normalized spacial score (nSPS) is 14.4. The van der Waals surface area contributed by atoms with E-state index < -0.39 is 0 Å². The third-order valence-corrected chi connectivity index (χ3v) is 5.19. The van der Waals surface area contributed by atoms with Crippen molar-refractivity contribution in [3.05, 3.63) is 56.2 Å². The van der Waals surface area contributed by atoms with Crippen LogP contribution in [0.5, 0.6) is 0 Å². The number of hydrogen-bond donors (Lipinski definition) is 1. The molecule has 0 atom stereocenters. The molecule has 3 rings (SSSR count). The molecule has 4 heteroatoms. The number of thiophene rings is 1. The number of benzene rings is 1. The molecule has 0 saturated carbocycles. The molecule has 1 aromatic carbocycles. The van der Waals surface area contributed by atoms with E-state index in [2.05, 4.69) is 17.4 Å². The zero-order valence-corrected chi connectivity index (χ0v) is 12.1. The fraction of sp³-hybridized carbons (Fsp3) is 0.267. The summed E-state index contributed by atoms with van der Waals surface area (Å²) in [6.07, 6.45) is 1.81. The first-order valence-electron chi connectivity index (χ1n) is 6.26. The van der Waals surface area contributed by atoms with E-state index in [1.807, 2.05) is 24.4 Å². The van der Waals surface area contributed by atoms with E-state index in [-0.39, 0.29) is 11.9 Å². The van der Waals surface area contributed by atoms with Gasteiger partial charge in [0.05, 0.1) is 5.02 Å². The summed E-state index contributed by atoms with van der Waals surface area (Å²) in [6, 6.07) is 8.53. The van der Waals surface area contributed by atoms with Gasteiger partial charge in [-0.05, 0) is 41.8 Å². The predicted octanol–water partition coefficient (Wildman–Crippen LogP) is 3.61. The molecule has 0 spiro atoms. The molecule has 0 bridgehead atoms. The smallest absolute Gasteiger partial charge is 0.263 e. The molecule has 0 saturated heterocycles. The van der Waals surface area contributed by atoms with Crippen LogP contribution in [0.15, 0.2) is 29.6 Å².